The van der Waals surface area contributed by atoms with Crippen molar-refractivity contribution in [1.82, 2.24) is 14.9 Å². The molecule has 7 nitrogen and oxygen atoms in total. The van der Waals surface area contributed by atoms with Gasteiger partial charge >= 0.3 is 0 Å². The predicted molar refractivity (Wildman–Crippen MR) is 81.4 cm³/mol. The number of sulfonamides is 1. The molecule has 0 aromatic rings. The predicted octanol–water partition coefficient (Wildman–Crippen LogP) is -0.721. The van der Waals surface area contributed by atoms with Crippen LogP contribution in [0.3, 0.4) is 0 Å². The van der Waals surface area contributed by atoms with E-state index in [0.717, 1.165) is 32.2 Å². The van der Waals surface area contributed by atoms with Crippen molar-refractivity contribution in [2.45, 2.75) is 38.1 Å². The molecule has 0 aromatic carbocycles. The number of hydrogen-bond acceptors (Lipinski definition) is 5. The summed E-state index contributed by atoms with van der Waals surface area (Å²) in [6.07, 6.45) is 5.44. The van der Waals surface area contributed by atoms with E-state index in [1.807, 2.05) is 0 Å². The van der Waals surface area contributed by atoms with Crippen molar-refractivity contribution >= 4 is 15.9 Å². The number of aliphatic hydroxyl groups excluding tert-OH is 1. The quantitative estimate of drug-likeness (QED) is 0.487. The van der Waals surface area contributed by atoms with Crippen LogP contribution in [-0.2, 0) is 14.8 Å². The summed E-state index contributed by atoms with van der Waals surface area (Å²) in [5.41, 5.74) is 0. The Morgan fingerprint density at radius 1 is 1.33 bits per heavy atom. The molecule has 1 fully saturated rings. The van der Waals surface area contributed by atoms with Gasteiger partial charge in [0.25, 0.3) is 0 Å². The number of nitrogens with one attached hydrogen (secondary N) is 2. The van der Waals surface area contributed by atoms with Crippen LogP contribution in [0.25, 0.3) is 0 Å². The summed E-state index contributed by atoms with van der Waals surface area (Å²) in [4.78, 5) is 13.8. The Kier molecular flexibility index (Phi) is 8.16. The average Bonchev–Trinajstić information content (AvgIpc) is 2.42. The maximum absolute atomic E-state index is 11.5. The number of hydrogen-bond donors (Lipinski definition) is 3. The van der Waals surface area contributed by atoms with E-state index in [9.17, 15) is 18.3 Å². The Labute approximate surface area is 127 Å². The van der Waals surface area contributed by atoms with E-state index in [1.54, 1.807) is 0 Å². The Balaban J connectivity index is 2.08. The van der Waals surface area contributed by atoms with Crippen molar-refractivity contribution in [1.29, 1.82) is 0 Å². The molecule has 1 rings (SSSR count). The van der Waals surface area contributed by atoms with Gasteiger partial charge in [0, 0.05) is 32.1 Å². The summed E-state index contributed by atoms with van der Waals surface area (Å²) in [5, 5.41) is 12.1. The summed E-state index contributed by atoms with van der Waals surface area (Å²) >= 11 is 0. The van der Waals surface area contributed by atoms with Crippen LogP contribution in [-0.4, -0.2) is 69.4 Å². The van der Waals surface area contributed by atoms with Crippen molar-refractivity contribution in [2.75, 3.05) is 39.0 Å². The normalized spacial score (nSPS) is 20.4. The van der Waals surface area contributed by atoms with Gasteiger partial charge in [-0.25, -0.2) is 13.1 Å². The van der Waals surface area contributed by atoms with Crippen molar-refractivity contribution in [3.63, 3.8) is 0 Å². The number of likely N-dealkylation sites (tertiary alicyclic amines) is 1. The summed E-state index contributed by atoms with van der Waals surface area (Å²) in [6, 6.07) is 0.258. The molecule has 1 aliphatic heterocycles. The van der Waals surface area contributed by atoms with E-state index >= 15 is 0 Å². The van der Waals surface area contributed by atoms with E-state index in [0.29, 0.717) is 6.54 Å². The minimum atomic E-state index is -3.23. The summed E-state index contributed by atoms with van der Waals surface area (Å²) in [5.74, 6) is -0.150. The number of carbonyl (C=O) groups is 1. The van der Waals surface area contributed by atoms with Crippen molar-refractivity contribution < 1.29 is 18.3 Å². The zero-order valence-electron chi connectivity index (χ0n) is 12.7. The van der Waals surface area contributed by atoms with Gasteiger partial charge in [0.05, 0.1) is 12.9 Å². The zero-order chi connectivity index (χ0) is 15.7. The van der Waals surface area contributed by atoms with Crippen LogP contribution in [0.4, 0.5) is 0 Å². The minimum Gasteiger partial charge on any atom is -0.395 e. The molecule has 0 bridgehead atoms. The first-order valence-corrected chi connectivity index (χ1v) is 9.38. The average molecular weight is 321 g/mol. The minimum absolute atomic E-state index is 0.128. The molecule has 0 spiro atoms. The van der Waals surface area contributed by atoms with E-state index in [1.165, 1.54) is 12.8 Å². The molecule has 1 atom stereocenters. The summed E-state index contributed by atoms with van der Waals surface area (Å²) in [6.45, 7) is 2.78. The second-order valence-corrected chi connectivity index (χ2v) is 7.32. The molecule has 1 aliphatic rings. The van der Waals surface area contributed by atoms with Crippen molar-refractivity contribution in [3.8, 4) is 0 Å². The van der Waals surface area contributed by atoms with Crippen LogP contribution in [0.15, 0.2) is 0 Å². The van der Waals surface area contributed by atoms with Crippen molar-refractivity contribution in [3.05, 3.63) is 0 Å². The second-order valence-electron chi connectivity index (χ2n) is 5.49. The van der Waals surface area contributed by atoms with E-state index in [-0.39, 0.29) is 31.5 Å². The number of amides is 1. The fraction of sp³-hybridized carbons (Fsp3) is 0.923. The Hall–Kier alpha value is -0.700. The first kappa shape index (κ1) is 18.3. The van der Waals surface area contributed by atoms with E-state index < -0.39 is 10.0 Å². The molecule has 21 heavy (non-hydrogen) atoms. The molecule has 0 saturated carbocycles. The van der Waals surface area contributed by atoms with Gasteiger partial charge in [0.1, 0.15) is 0 Å². The third-order valence-electron chi connectivity index (χ3n) is 3.62. The molecular formula is C13H27N3O4S. The van der Waals surface area contributed by atoms with Crippen molar-refractivity contribution in [2.24, 2.45) is 0 Å². The molecule has 1 saturated heterocycles. The van der Waals surface area contributed by atoms with Crippen LogP contribution in [0.1, 0.15) is 32.1 Å². The fourth-order valence-electron chi connectivity index (χ4n) is 2.51. The monoisotopic (exact) mass is 321 g/mol. The van der Waals surface area contributed by atoms with Gasteiger partial charge in [-0.1, -0.05) is 6.42 Å². The fourth-order valence-corrected chi connectivity index (χ4v) is 2.98. The highest BCUT2D eigenvalue weighted by atomic mass is 32.2. The molecule has 8 heteroatoms. The summed E-state index contributed by atoms with van der Waals surface area (Å²) < 4.78 is 24.0. The van der Waals surface area contributed by atoms with Gasteiger partial charge in [-0.15, -0.1) is 0 Å². The lowest BCUT2D eigenvalue weighted by Gasteiger charge is -2.34. The zero-order valence-corrected chi connectivity index (χ0v) is 13.5. The Morgan fingerprint density at radius 3 is 2.76 bits per heavy atom. The maximum Gasteiger partial charge on any atom is 0.221 e. The lowest BCUT2D eigenvalue weighted by Crippen LogP contribution is -2.43. The van der Waals surface area contributed by atoms with Gasteiger partial charge < -0.3 is 10.4 Å². The smallest absolute Gasteiger partial charge is 0.221 e. The van der Waals surface area contributed by atoms with Crippen LogP contribution in [0.2, 0.25) is 0 Å². The first-order chi connectivity index (χ1) is 9.92. The van der Waals surface area contributed by atoms with Crippen LogP contribution in [0.5, 0.6) is 0 Å². The Bertz CT molecular complexity index is 414. The maximum atomic E-state index is 11.5. The number of piperidine rings is 1. The first-order valence-electron chi connectivity index (χ1n) is 7.48. The lowest BCUT2D eigenvalue weighted by molar-refractivity contribution is -0.120. The second kappa shape index (κ2) is 9.34. The Morgan fingerprint density at radius 2 is 2.10 bits per heavy atom. The van der Waals surface area contributed by atoms with Gasteiger partial charge in [-0.2, -0.15) is 0 Å². The largest absolute Gasteiger partial charge is 0.395 e. The molecule has 3 N–H and O–H groups in total. The van der Waals surface area contributed by atoms with Crippen LogP contribution >= 0.6 is 0 Å². The molecule has 0 aliphatic carbocycles. The molecule has 124 valence electrons. The highest BCUT2D eigenvalue weighted by Crippen LogP contribution is 2.16. The van der Waals surface area contributed by atoms with Gasteiger partial charge in [0.2, 0.25) is 15.9 Å². The molecular weight excluding hydrogens is 294 g/mol. The third kappa shape index (κ3) is 8.35. The van der Waals surface area contributed by atoms with Gasteiger partial charge in [-0.05, 0) is 25.8 Å². The highest BCUT2D eigenvalue weighted by molar-refractivity contribution is 7.88. The SMILES string of the molecule is CS(=O)(=O)NCCC(=O)NCCCN1CCCC[C@@H]1CO. The molecule has 1 heterocycles. The summed E-state index contributed by atoms with van der Waals surface area (Å²) in [7, 11) is -3.23. The van der Waals surface area contributed by atoms with E-state index in [4.69, 9.17) is 0 Å². The van der Waals surface area contributed by atoms with Crippen LogP contribution in [0, 0.1) is 0 Å². The molecule has 1 amide bonds. The number of carbonyl (C=O) groups excluding carboxylic acids is 1. The topological polar surface area (TPSA) is 98.7 Å². The van der Waals surface area contributed by atoms with Crippen LogP contribution < -0.4 is 10.0 Å². The number of nitrogens with zero attached hydrogens (tertiary/aromatic N) is 1. The van der Waals surface area contributed by atoms with Gasteiger partial charge in [0.15, 0.2) is 0 Å². The molecule has 0 unspecified atom stereocenters. The molecule has 0 aromatic heterocycles. The number of aliphatic hydroxyl groups is 1. The van der Waals surface area contributed by atoms with E-state index in [2.05, 4.69) is 14.9 Å². The van der Waals surface area contributed by atoms with Gasteiger partial charge in [-0.3, -0.25) is 9.69 Å². The lowest BCUT2D eigenvalue weighted by atomic mass is 10.0. The highest BCUT2D eigenvalue weighted by Gasteiger charge is 2.20. The standard InChI is InChI=1S/C13H27N3O4S/c1-21(19,20)15-8-6-13(18)14-7-4-10-16-9-3-2-5-12(16)11-17/h12,15,17H,2-11H2,1H3,(H,14,18)/t12-/m1/s1. The number of rotatable bonds is 9. The molecule has 0 radical (unpaired) electrons. The third-order valence-corrected chi connectivity index (χ3v) is 4.35.